The first-order chi connectivity index (χ1) is 13.5. The lowest BCUT2D eigenvalue weighted by Crippen LogP contribution is -2.54. The van der Waals surface area contributed by atoms with E-state index in [1.165, 1.54) is 0 Å². The highest BCUT2D eigenvalue weighted by molar-refractivity contribution is 5.76. The molecule has 2 aromatic rings. The molecule has 0 saturated carbocycles. The summed E-state index contributed by atoms with van der Waals surface area (Å²) in [6.45, 7) is 10.6. The summed E-state index contributed by atoms with van der Waals surface area (Å²) in [6.07, 6.45) is 1.72. The third-order valence-corrected chi connectivity index (χ3v) is 6.34. The molecule has 2 heterocycles. The molecule has 5 nitrogen and oxygen atoms in total. The molecule has 6 heteroatoms. The second-order valence-corrected chi connectivity index (χ2v) is 9.19. The van der Waals surface area contributed by atoms with Gasteiger partial charge in [-0.15, -0.1) is 0 Å². The van der Waals surface area contributed by atoms with Crippen molar-refractivity contribution < 1.29 is 14.3 Å². The van der Waals surface area contributed by atoms with Gasteiger partial charge in [0.15, 0.2) is 0 Å². The number of fused-ring (bicyclic) bond motifs is 1. The van der Waals surface area contributed by atoms with Crippen LogP contribution >= 0.6 is 0 Å². The van der Waals surface area contributed by atoms with Crippen LogP contribution in [0.4, 0.5) is 4.39 Å². The van der Waals surface area contributed by atoms with Gasteiger partial charge in [0.25, 0.3) is 0 Å². The number of likely N-dealkylation sites (tertiary alicyclic amines) is 1. The van der Waals surface area contributed by atoms with Crippen LogP contribution in [0.3, 0.4) is 0 Å². The summed E-state index contributed by atoms with van der Waals surface area (Å²) in [5.74, 6) is -1.13. The summed E-state index contributed by atoms with van der Waals surface area (Å²) in [5.41, 5.74) is 2.23. The van der Waals surface area contributed by atoms with Crippen LogP contribution in [-0.4, -0.2) is 44.7 Å². The molecule has 0 aliphatic carbocycles. The summed E-state index contributed by atoms with van der Waals surface area (Å²) in [5, 5.41) is 10.0. The van der Waals surface area contributed by atoms with Crippen molar-refractivity contribution in [2.24, 2.45) is 11.3 Å². The minimum atomic E-state index is -1.42. The van der Waals surface area contributed by atoms with Gasteiger partial charge in [-0.2, -0.15) is 0 Å². The molecule has 0 spiro atoms. The molecule has 2 unspecified atom stereocenters. The highest BCUT2D eigenvalue weighted by Crippen LogP contribution is 2.43. The molecule has 29 heavy (non-hydrogen) atoms. The van der Waals surface area contributed by atoms with Crippen molar-refractivity contribution in [1.82, 2.24) is 14.9 Å². The van der Waals surface area contributed by atoms with Crippen LogP contribution < -0.4 is 0 Å². The lowest BCUT2D eigenvalue weighted by molar-refractivity contribution is -0.157. The molecule has 158 valence electrons. The number of piperidine rings is 1. The van der Waals surface area contributed by atoms with Gasteiger partial charge in [-0.1, -0.05) is 19.4 Å². The van der Waals surface area contributed by atoms with E-state index in [0.29, 0.717) is 32.5 Å². The Bertz CT molecular complexity index is 909. The number of hydrogen-bond acceptors (Lipinski definition) is 4. The Balaban J connectivity index is 1.91. The Morgan fingerprint density at radius 3 is 2.52 bits per heavy atom. The van der Waals surface area contributed by atoms with Gasteiger partial charge in [0.05, 0.1) is 27.8 Å². The van der Waals surface area contributed by atoms with E-state index < -0.39 is 17.1 Å². The van der Waals surface area contributed by atoms with Gasteiger partial charge in [0.2, 0.25) is 0 Å². The van der Waals surface area contributed by atoms with Crippen LogP contribution in [0, 0.1) is 25.2 Å². The number of carboxylic acid groups (broad SMARTS) is 1. The molecular formula is C23H32FN3O2. The molecule has 2 atom stereocenters. The molecule has 0 bridgehead atoms. The molecule has 3 rings (SSSR count). The molecule has 1 aromatic heterocycles. The molecule has 1 fully saturated rings. The lowest BCUT2D eigenvalue weighted by Gasteiger charge is -2.46. The van der Waals surface area contributed by atoms with Crippen molar-refractivity contribution >= 4 is 17.0 Å². The van der Waals surface area contributed by atoms with Crippen LogP contribution in [0.1, 0.15) is 57.0 Å². The van der Waals surface area contributed by atoms with E-state index in [9.17, 15) is 14.3 Å². The van der Waals surface area contributed by atoms with Gasteiger partial charge < -0.3 is 5.11 Å². The van der Waals surface area contributed by atoms with Crippen molar-refractivity contribution in [2.75, 3.05) is 13.1 Å². The molecule has 1 aliphatic heterocycles. The number of aromatic nitrogens is 2. The van der Waals surface area contributed by atoms with Crippen LogP contribution in [-0.2, 0) is 11.3 Å². The topological polar surface area (TPSA) is 66.3 Å². The number of carbonyl (C=O) groups is 1. The predicted molar refractivity (Wildman–Crippen MR) is 113 cm³/mol. The molecule has 1 aromatic carbocycles. The predicted octanol–water partition coefficient (Wildman–Crippen LogP) is 4.69. The number of halogens is 1. The smallest absolute Gasteiger partial charge is 0.310 e. The average Bonchev–Trinajstić information content (AvgIpc) is 2.62. The monoisotopic (exact) mass is 401 g/mol. The number of nitrogens with zero attached hydrogens (tertiary/aromatic N) is 3. The summed E-state index contributed by atoms with van der Waals surface area (Å²) in [6, 6.07) is 5.99. The normalized spacial score (nSPS) is 23.4. The first-order valence-electron chi connectivity index (χ1n) is 10.4. The van der Waals surface area contributed by atoms with E-state index in [1.807, 2.05) is 39.0 Å². The number of carboxylic acids is 1. The third-order valence-electron chi connectivity index (χ3n) is 6.34. The maximum Gasteiger partial charge on any atom is 0.310 e. The fraction of sp³-hybridized carbons (Fsp3) is 0.609. The number of aryl methyl sites for hydroxylation is 2. The standard InChI is InChI=1S/C23H32FN3O2/c1-6-9-23(21(28)29)11-18(22(4,5)24)13-27(14-23)12-17-7-8-19-20(10-17)26-16(3)15(2)25-19/h7-8,10,18H,6,9,11-14H2,1-5H3,(H,28,29). The fourth-order valence-corrected chi connectivity index (χ4v) is 4.54. The largest absolute Gasteiger partial charge is 0.481 e. The fourth-order valence-electron chi connectivity index (χ4n) is 4.54. The second-order valence-electron chi connectivity index (χ2n) is 9.19. The number of benzene rings is 1. The van der Waals surface area contributed by atoms with Crippen molar-refractivity contribution in [1.29, 1.82) is 0 Å². The third kappa shape index (κ3) is 4.58. The van der Waals surface area contributed by atoms with E-state index in [4.69, 9.17) is 0 Å². The van der Waals surface area contributed by atoms with Crippen LogP contribution in [0.15, 0.2) is 18.2 Å². The van der Waals surface area contributed by atoms with Crippen molar-refractivity contribution in [3.63, 3.8) is 0 Å². The Labute approximate surface area is 172 Å². The minimum absolute atomic E-state index is 0.316. The number of hydrogen-bond donors (Lipinski definition) is 1. The van der Waals surface area contributed by atoms with Crippen LogP contribution in [0.25, 0.3) is 11.0 Å². The van der Waals surface area contributed by atoms with E-state index in [1.54, 1.807) is 13.8 Å². The number of alkyl halides is 1. The van der Waals surface area contributed by atoms with Gasteiger partial charge in [-0.05, 0) is 58.2 Å². The zero-order chi connectivity index (χ0) is 21.4. The molecule has 1 saturated heterocycles. The van der Waals surface area contributed by atoms with Gasteiger partial charge >= 0.3 is 5.97 Å². The molecule has 1 N–H and O–H groups in total. The molecular weight excluding hydrogens is 369 g/mol. The Morgan fingerprint density at radius 2 is 1.93 bits per heavy atom. The molecule has 0 amide bonds. The quantitative estimate of drug-likeness (QED) is 0.761. The van der Waals surface area contributed by atoms with Crippen molar-refractivity contribution in [3.05, 3.63) is 35.2 Å². The molecule has 0 radical (unpaired) electrons. The second kappa shape index (κ2) is 7.98. The zero-order valence-electron chi connectivity index (χ0n) is 18.1. The lowest BCUT2D eigenvalue weighted by atomic mass is 9.69. The highest BCUT2D eigenvalue weighted by atomic mass is 19.1. The number of aliphatic carboxylic acids is 1. The average molecular weight is 402 g/mol. The van der Waals surface area contributed by atoms with E-state index in [2.05, 4.69) is 14.9 Å². The Morgan fingerprint density at radius 1 is 1.28 bits per heavy atom. The molecule has 1 aliphatic rings. The van der Waals surface area contributed by atoms with Crippen LogP contribution in [0.5, 0.6) is 0 Å². The number of rotatable bonds is 6. The summed E-state index contributed by atoms with van der Waals surface area (Å²) in [7, 11) is 0. The van der Waals surface area contributed by atoms with Gasteiger partial charge in [0, 0.05) is 25.6 Å². The van der Waals surface area contributed by atoms with Gasteiger partial charge in [-0.25, -0.2) is 14.4 Å². The Kier molecular flexibility index (Phi) is 5.95. The first-order valence-corrected chi connectivity index (χ1v) is 10.4. The van der Waals surface area contributed by atoms with E-state index in [0.717, 1.165) is 34.4 Å². The SMILES string of the molecule is CCCC1(C(=O)O)CC(C(C)(C)F)CN(Cc2ccc3nc(C)c(C)nc3c2)C1. The van der Waals surface area contributed by atoms with Gasteiger partial charge in [0.1, 0.15) is 5.67 Å². The van der Waals surface area contributed by atoms with E-state index >= 15 is 0 Å². The van der Waals surface area contributed by atoms with E-state index in [-0.39, 0.29) is 5.92 Å². The maximum absolute atomic E-state index is 14.9. The summed E-state index contributed by atoms with van der Waals surface area (Å²) >= 11 is 0. The Hall–Kier alpha value is -2.08. The van der Waals surface area contributed by atoms with Gasteiger partial charge in [-0.3, -0.25) is 9.69 Å². The first kappa shape index (κ1) is 21.6. The maximum atomic E-state index is 14.9. The van der Waals surface area contributed by atoms with Crippen molar-refractivity contribution in [2.45, 2.75) is 66.1 Å². The summed E-state index contributed by atoms with van der Waals surface area (Å²) in [4.78, 5) is 23.5. The minimum Gasteiger partial charge on any atom is -0.481 e. The van der Waals surface area contributed by atoms with Crippen LogP contribution in [0.2, 0.25) is 0 Å². The van der Waals surface area contributed by atoms with Crippen molar-refractivity contribution in [3.8, 4) is 0 Å². The highest BCUT2D eigenvalue weighted by Gasteiger charge is 2.48. The summed E-state index contributed by atoms with van der Waals surface area (Å²) < 4.78 is 14.9. The zero-order valence-corrected chi connectivity index (χ0v) is 18.1.